The SMILES string of the molecule is CC1CCCCCCCCC(=O)O1.O=S(=O)(O)c1ccccc1. The summed E-state index contributed by atoms with van der Waals surface area (Å²) in [4.78, 5) is 11.1. The van der Waals surface area contributed by atoms with Gasteiger partial charge in [-0.15, -0.1) is 0 Å². The van der Waals surface area contributed by atoms with E-state index in [1.807, 2.05) is 6.92 Å². The molecule has 1 saturated heterocycles. The van der Waals surface area contributed by atoms with Crippen molar-refractivity contribution >= 4 is 16.1 Å². The van der Waals surface area contributed by atoms with E-state index in [0.717, 1.165) is 12.8 Å². The van der Waals surface area contributed by atoms with Crippen molar-refractivity contribution in [3.8, 4) is 0 Å². The lowest BCUT2D eigenvalue weighted by molar-refractivity contribution is -0.148. The molecule has 1 aromatic rings. The van der Waals surface area contributed by atoms with E-state index in [4.69, 9.17) is 9.29 Å². The lowest BCUT2D eigenvalue weighted by Gasteiger charge is -2.11. The molecule has 2 rings (SSSR count). The second kappa shape index (κ2) is 10.4. The quantitative estimate of drug-likeness (QED) is 0.616. The monoisotopic (exact) mass is 342 g/mol. The molecule has 1 unspecified atom stereocenters. The summed E-state index contributed by atoms with van der Waals surface area (Å²) in [5, 5.41) is 0. The summed E-state index contributed by atoms with van der Waals surface area (Å²) < 4.78 is 34.5. The van der Waals surface area contributed by atoms with E-state index < -0.39 is 10.1 Å². The van der Waals surface area contributed by atoms with Crippen LogP contribution in [0.2, 0.25) is 0 Å². The molecular weight excluding hydrogens is 316 g/mol. The number of esters is 1. The maximum absolute atomic E-state index is 11.2. The zero-order valence-electron chi connectivity index (χ0n) is 13.6. The number of hydrogen-bond acceptors (Lipinski definition) is 4. The van der Waals surface area contributed by atoms with Crippen LogP contribution in [-0.2, 0) is 19.6 Å². The van der Waals surface area contributed by atoms with Crippen LogP contribution in [0.4, 0.5) is 0 Å². The van der Waals surface area contributed by atoms with Gasteiger partial charge in [0.2, 0.25) is 0 Å². The molecule has 1 aliphatic heterocycles. The van der Waals surface area contributed by atoms with Crippen molar-refractivity contribution in [1.82, 2.24) is 0 Å². The minimum absolute atomic E-state index is 0.00519. The molecule has 1 atom stereocenters. The Morgan fingerprint density at radius 2 is 1.57 bits per heavy atom. The van der Waals surface area contributed by atoms with Gasteiger partial charge in [0.15, 0.2) is 0 Å². The van der Waals surface area contributed by atoms with Gasteiger partial charge >= 0.3 is 5.97 Å². The number of hydrogen-bond donors (Lipinski definition) is 1. The molecule has 1 fully saturated rings. The van der Waals surface area contributed by atoms with Crippen LogP contribution in [0.1, 0.15) is 58.3 Å². The Hall–Kier alpha value is -1.40. The van der Waals surface area contributed by atoms with Crippen molar-refractivity contribution in [2.45, 2.75) is 69.3 Å². The van der Waals surface area contributed by atoms with Crippen LogP contribution < -0.4 is 0 Å². The summed E-state index contributed by atoms with van der Waals surface area (Å²) in [6, 6.07) is 7.42. The number of rotatable bonds is 1. The van der Waals surface area contributed by atoms with Gasteiger partial charge < -0.3 is 4.74 Å². The number of carbonyl (C=O) groups is 1. The van der Waals surface area contributed by atoms with Gasteiger partial charge in [0.25, 0.3) is 10.1 Å². The van der Waals surface area contributed by atoms with E-state index in [0.29, 0.717) is 6.42 Å². The molecular formula is C17H26O5S. The second-order valence-electron chi connectivity index (χ2n) is 5.75. The third-order valence-corrected chi connectivity index (χ3v) is 4.48. The van der Waals surface area contributed by atoms with E-state index in [1.54, 1.807) is 18.2 Å². The lowest BCUT2D eigenvalue weighted by atomic mass is 10.1. The molecule has 0 bridgehead atoms. The minimum atomic E-state index is -4.00. The molecule has 6 heteroatoms. The van der Waals surface area contributed by atoms with Crippen molar-refractivity contribution in [1.29, 1.82) is 0 Å². The molecule has 1 aliphatic rings. The van der Waals surface area contributed by atoms with E-state index in [1.165, 1.54) is 44.2 Å². The van der Waals surface area contributed by atoms with Crippen molar-refractivity contribution < 1.29 is 22.5 Å². The highest BCUT2D eigenvalue weighted by atomic mass is 32.2. The first-order valence-electron chi connectivity index (χ1n) is 8.11. The fraction of sp³-hybridized carbons (Fsp3) is 0.588. The molecule has 0 saturated carbocycles. The van der Waals surface area contributed by atoms with Crippen LogP contribution in [0.5, 0.6) is 0 Å². The third-order valence-electron chi connectivity index (χ3n) is 3.62. The summed E-state index contributed by atoms with van der Waals surface area (Å²) >= 11 is 0. The fourth-order valence-electron chi connectivity index (χ4n) is 2.34. The Bertz CT molecular complexity index is 554. The Labute approximate surface area is 138 Å². The Kier molecular flexibility index (Phi) is 8.87. The van der Waals surface area contributed by atoms with Gasteiger partial charge in [-0.3, -0.25) is 9.35 Å². The largest absolute Gasteiger partial charge is 0.463 e. The summed E-state index contributed by atoms with van der Waals surface area (Å²) in [5.41, 5.74) is 0. The molecule has 0 spiro atoms. The summed E-state index contributed by atoms with van der Waals surface area (Å²) in [6.45, 7) is 2.00. The summed E-state index contributed by atoms with van der Waals surface area (Å²) in [7, 11) is -4.00. The van der Waals surface area contributed by atoms with Crippen molar-refractivity contribution in [2.75, 3.05) is 0 Å². The zero-order valence-corrected chi connectivity index (χ0v) is 14.4. The Morgan fingerprint density at radius 3 is 2.13 bits per heavy atom. The highest BCUT2D eigenvalue weighted by molar-refractivity contribution is 7.85. The number of ether oxygens (including phenoxy) is 1. The minimum Gasteiger partial charge on any atom is -0.463 e. The van der Waals surface area contributed by atoms with E-state index >= 15 is 0 Å². The van der Waals surface area contributed by atoms with Gasteiger partial charge in [0, 0.05) is 6.42 Å². The Balaban J connectivity index is 0.000000238. The first-order valence-corrected chi connectivity index (χ1v) is 9.55. The normalized spacial score (nSPS) is 20.4. The van der Waals surface area contributed by atoms with Crippen LogP contribution in [-0.4, -0.2) is 25.0 Å². The molecule has 0 aliphatic carbocycles. The summed E-state index contributed by atoms with van der Waals surface area (Å²) in [6.07, 6.45) is 9.06. The number of benzene rings is 1. The molecule has 1 aromatic carbocycles. The van der Waals surface area contributed by atoms with Crippen molar-refractivity contribution in [3.05, 3.63) is 30.3 Å². The molecule has 1 N–H and O–H groups in total. The van der Waals surface area contributed by atoms with Gasteiger partial charge in [0.1, 0.15) is 0 Å². The predicted octanol–water partition coefficient (Wildman–Crippen LogP) is 3.99. The summed E-state index contributed by atoms with van der Waals surface area (Å²) in [5.74, 6) is -0.00519. The molecule has 0 aromatic heterocycles. The van der Waals surface area contributed by atoms with Gasteiger partial charge in [-0.2, -0.15) is 8.42 Å². The van der Waals surface area contributed by atoms with Crippen LogP contribution in [0, 0.1) is 0 Å². The molecule has 130 valence electrons. The smallest absolute Gasteiger partial charge is 0.306 e. The molecule has 1 heterocycles. The van der Waals surface area contributed by atoms with Gasteiger partial charge in [0.05, 0.1) is 11.0 Å². The zero-order chi connectivity index (χ0) is 17.1. The van der Waals surface area contributed by atoms with Crippen LogP contribution in [0.25, 0.3) is 0 Å². The van der Waals surface area contributed by atoms with Crippen LogP contribution >= 0.6 is 0 Å². The van der Waals surface area contributed by atoms with E-state index in [-0.39, 0.29) is 17.0 Å². The molecule has 0 radical (unpaired) electrons. The maximum Gasteiger partial charge on any atom is 0.306 e. The standard InChI is InChI=1S/C11H20O2.C6H6O3S/c1-10-8-6-4-2-3-5-7-9-11(12)13-10;7-10(8,9)6-4-2-1-3-5-6/h10H,2-9H2,1H3;1-5H,(H,7,8,9). The van der Waals surface area contributed by atoms with E-state index in [2.05, 4.69) is 0 Å². The van der Waals surface area contributed by atoms with Gasteiger partial charge in [-0.1, -0.05) is 43.9 Å². The van der Waals surface area contributed by atoms with E-state index in [9.17, 15) is 13.2 Å². The van der Waals surface area contributed by atoms with Crippen molar-refractivity contribution in [2.24, 2.45) is 0 Å². The molecule has 23 heavy (non-hydrogen) atoms. The fourth-order valence-corrected chi connectivity index (χ4v) is 2.84. The van der Waals surface area contributed by atoms with Crippen molar-refractivity contribution in [3.63, 3.8) is 0 Å². The molecule has 5 nitrogen and oxygen atoms in total. The lowest BCUT2D eigenvalue weighted by Crippen LogP contribution is -2.14. The first kappa shape index (κ1) is 19.6. The highest BCUT2D eigenvalue weighted by Crippen LogP contribution is 2.14. The second-order valence-corrected chi connectivity index (χ2v) is 7.17. The van der Waals surface area contributed by atoms with Gasteiger partial charge in [-0.25, -0.2) is 0 Å². The first-order chi connectivity index (χ1) is 10.9. The predicted molar refractivity (Wildman–Crippen MR) is 88.7 cm³/mol. The van der Waals surface area contributed by atoms with Crippen LogP contribution in [0.3, 0.4) is 0 Å². The molecule has 0 amide bonds. The average Bonchev–Trinajstić information content (AvgIpc) is 2.54. The topological polar surface area (TPSA) is 80.7 Å². The maximum atomic E-state index is 11.2. The average molecular weight is 342 g/mol. The Morgan fingerprint density at radius 1 is 1.00 bits per heavy atom. The van der Waals surface area contributed by atoms with Crippen LogP contribution in [0.15, 0.2) is 35.2 Å². The van der Waals surface area contributed by atoms with Gasteiger partial charge in [-0.05, 0) is 38.3 Å². The third kappa shape index (κ3) is 9.36. The number of carbonyl (C=O) groups excluding carboxylic acids is 1. The highest BCUT2D eigenvalue weighted by Gasteiger charge is 2.10. The number of cyclic esters (lactones) is 1.